The molecule has 0 spiro atoms. The molecule has 0 bridgehead atoms. The van der Waals surface area contributed by atoms with Crippen LogP contribution in [0.2, 0.25) is 5.02 Å². The number of halogens is 1. The average Bonchev–Trinajstić information content (AvgIpc) is 2.96. The molecule has 0 radical (unpaired) electrons. The third kappa shape index (κ3) is 4.61. The van der Waals surface area contributed by atoms with Crippen molar-refractivity contribution in [2.24, 2.45) is 5.92 Å². The molecule has 0 saturated carbocycles. The fourth-order valence-electron chi connectivity index (χ4n) is 3.17. The zero-order valence-electron chi connectivity index (χ0n) is 15.4. The standard InChI is InChI=1S/C21H23ClN2O3/c1-14(2)20(15-9-11-16(22)12-10-15)23-19(25)8-5-13-24-17-6-3-4-7-18(17)27-21(24)26/h3-4,6-7,9-12,14,20H,5,8,13H2,1-2H3,(H,23,25). The minimum atomic E-state index is -0.391. The molecule has 5 nitrogen and oxygen atoms in total. The van der Waals surface area contributed by atoms with Gasteiger partial charge in [-0.3, -0.25) is 9.36 Å². The molecule has 1 heterocycles. The Morgan fingerprint density at radius 2 is 1.85 bits per heavy atom. The molecule has 3 rings (SSSR count). The Labute approximate surface area is 162 Å². The predicted octanol–water partition coefficient (Wildman–Crippen LogP) is 4.54. The molecule has 1 aromatic heterocycles. The highest BCUT2D eigenvalue weighted by molar-refractivity contribution is 6.30. The van der Waals surface area contributed by atoms with Gasteiger partial charge in [-0.25, -0.2) is 4.79 Å². The number of hydrogen-bond acceptors (Lipinski definition) is 3. The molecule has 1 N–H and O–H groups in total. The Balaban J connectivity index is 1.60. The molecule has 142 valence electrons. The lowest BCUT2D eigenvalue weighted by atomic mass is 9.96. The van der Waals surface area contributed by atoms with Gasteiger partial charge in [-0.2, -0.15) is 0 Å². The van der Waals surface area contributed by atoms with Crippen LogP contribution in [0.4, 0.5) is 0 Å². The summed E-state index contributed by atoms with van der Waals surface area (Å²) in [7, 11) is 0. The van der Waals surface area contributed by atoms with Gasteiger partial charge in [-0.05, 0) is 42.2 Å². The van der Waals surface area contributed by atoms with Gasteiger partial charge in [0, 0.05) is 18.0 Å². The highest BCUT2D eigenvalue weighted by Gasteiger charge is 2.18. The summed E-state index contributed by atoms with van der Waals surface area (Å²) in [5, 5.41) is 3.76. The van der Waals surface area contributed by atoms with E-state index in [0.717, 1.165) is 11.1 Å². The second-order valence-electron chi connectivity index (χ2n) is 6.93. The van der Waals surface area contributed by atoms with Crippen molar-refractivity contribution in [2.75, 3.05) is 0 Å². The van der Waals surface area contributed by atoms with E-state index in [2.05, 4.69) is 19.2 Å². The quantitative estimate of drug-likeness (QED) is 0.648. The molecule has 6 heteroatoms. The van der Waals surface area contributed by atoms with Gasteiger partial charge < -0.3 is 9.73 Å². The van der Waals surface area contributed by atoms with Crippen molar-refractivity contribution in [3.05, 3.63) is 69.7 Å². The molecule has 1 unspecified atom stereocenters. The van der Waals surface area contributed by atoms with Gasteiger partial charge >= 0.3 is 5.76 Å². The van der Waals surface area contributed by atoms with Crippen molar-refractivity contribution < 1.29 is 9.21 Å². The Morgan fingerprint density at radius 1 is 1.15 bits per heavy atom. The van der Waals surface area contributed by atoms with E-state index < -0.39 is 5.76 Å². The van der Waals surface area contributed by atoms with Crippen molar-refractivity contribution >= 4 is 28.6 Å². The summed E-state index contributed by atoms with van der Waals surface area (Å²) < 4.78 is 6.79. The lowest BCUT2D eigenvalue weighted by Crippen LogP contribution is -2.31. The number of hydrogen-bond donors (Lipinski definition) is 1. The third-order valence-electron chi connectivity index (χ3n) is 4.57. The second kappa shape index (κ2) is 8.44. The van der Waals surface area contributed by atoms with Gasteiger partial charge in [-0.1, -0.05) is 49.7 Å². The van der Waals surface area contributed by atoms with Crippen LogP contribution in [0.15, 0.2) is 57.7 Å². The summed E-state index contributed by atoms with van der Waals surface area (Å²) in [4.78, 5) is 24.4. The van der Waals surface area contributed by atoms with Crippen molar-refractivity contribution in [3.63, 3.8) is 0 Å². The Morgan fingerprint density at radius 3 is 2.56 bits per heavy atom. The molecule has 0 fully saturated rings. The maximum Gasteiger partial charge on any atom is 0.419 e. The minimum absolute atomic E-state index is 0.0375. The van der Waals surface area contributed by atoms with Crippen molar-refractivity contribution in [1.29, 1.82) is 0 Å². The number of nitrogens with one attached hydrogen (secondary N) is 1. The predicted molar refractivity (Wildman–Crippen MR) is 107 cm³/mol. The summed E-state index contributed by atoms with van der Waals surface area (Å²) in [6.07, 6.45) is 0.892. The Kier molecular flexibility index (Phi) is 6.01. The third-order valence-corrected chi connectivity index (χ3v) is 4.82. The second-order valence-corrected chi connectivity index (χ2v) is 7.37. The van der Waals surface area contributed by atoms with E-state index in [1.165, 1.54) is 0 Å². The first-order valence-corrected chi connectivity index (χ1v) is 9.46. The number of fused-ring (bicyclic) bond motifs is 1. The molecule has 1 atom stereocenters. The lowest BCUT2D eigenvalue weighted by Gasteiger charge is -2.23. The zero-order chi connectivity index (χ0) is 19.4. The fourth-order valence-corrected chi connectivity index (χ4v) is 3.30. The van der Waals surface area contributed by atoms with Gasteiger partial charge in [-0.15, -0.1) is 0 Å². The summed E-state index contributed by atoms with van der Waals surface area (Å²) >= 11 is 5.95. The Bertz CT molecular complexity index is 973. The number of rotatable bonds is 7. The summed E-state index contributed by atoms with van der Waals surface area (Å²) in [5.41, 5.74) is 2.35. The van der Waals surface area contributed by atoms with Crippen LogP contribution < -0.4 is 11.1 Å². The number of amides is 1. The minimum Gasteiger partial charge on any atom is -0.408 e. The van der Waals surface area contributed by atoms with Crippen LogP contribution in [0.3, 0.4) is 0 Å². The zero-order valence-corrected chi connectivity index (χ0v) is 16.2. The molecule has 2 aromatic carbocycles. The number of carbonyl (C=O) groups excluding carboxylic acids is 1. The number of carbonyl (C=O) groups is 1. The van der Waals surface area contributed by atoms with E-state index >= 15 is 0 Å². The Hall–Kier alpha value is -2.53. The number of aryl methyl sites for hydroxylation is 1. The van der Waals surface area contributed by atoms with Crippen LogP contribution in [0.5, 0.6) is 0 Å². The van der Waals surface area contributed by atoms with Crippen LogP contribution in [0.1, 0.15) is 38.3 Å². The van der Waals surface area contributed by atoms with Crippen molar-refractivity contribution in [2.45, 2.75) is 39.3 Å². The summed E-state index contributed by atoms with van der Waals surface area (Å²) in [5.74, 6) is -0.183. The van der Waals surface area contributed by atoms with Crippen molar-refractivity contribution in [1.82, 2.24) is 9.88 Å². The SMILES string of the molecule is CC(C)C(NC(=O)CCCn1c(=O)oc2ccccc21)c1ccc(Cl)cc1. The van der Waals surface area contributed by atoms with Crippen LogP contribution >= 0.6 is 11.6 Å². The molecule has 0 aliphatic heterocycles. The smallest absolute Gasteiger partial charge is 0.408 e. The van der Waals surface area contributed by atoms with E-state index in [1.54, 1.807) is 10.6 Å². The van der Waals surface area contributed by atoms with Gasteiger partial charge in [0.15, 0.2) is 5.58 Å². The molecule has 0 saturated heterocycles. The largest absolute Gasteiger partial charge is 0.419 e. The number of nitrogens with zero attached hydrogens (tertiary/aromatic N) is 1. The van der Waals surface area contributed by atoms with E-state index in [1.807, 2.05) is 42.5 Å². The number of para-hydroxylation sites is 2. The van der Waals surface area contributed by atoms with Crippen LogP contribution in [-0.2, 0) is 11.3 Å². The lowest BCUT2D eigenvalue weighted by molar-refractivity contribution is -0.122. The van der Waals surface area contributed by atoms with Crippen molar-refractivity contribution in [3.8, 4) is 0 Å². The van der Waals surface area contributed by atoms with Crippen LogP contribution in [-0.4, -0.2) is 10.5 Å². The first kappa shape index (κ1) is 19.2. The molecule has 27 heavy (non-hydrogen) atoms. The fraction of sp³-hybridized carbons (Fsp3) is 0.333. The van der Waals surface area contributed by atoms with E-state index in [0.29, 0.717) is 30.0 Å². The van der Waals surface area contributed by atoms with E-state index in [9.17, 15) is 9.59 Å². The molecular formula is C21H23ClN2O3. The monoisotopic (exact) mass is 386 g/mol. The maximum absolute atomic E-state index is 12.4. The van der Waals surface area contributed by atoms with E-state index in [4.69, 9.17) is 16.0 Å². The number of aromatic nitrogens is 1. The van der Waals surface area contributed by atoms with Gasteiger partial charge in [0.2, 0.25) is 5.91 Å². The highest BCUT2D eigenvalue weighted by atomic mass is 35.5. The van der Waals surface area contributed by atoms with Gasteiger partial charge in [0.25, 0.3) is 0 Å². The van der Waals surface area contributed by atoms with Crippen LogP contribution in [0.25, 0.3) is 11.1 Å². The number of benzene rings is 2. The summed E-state index contributed by atoms with van der Waals surface area (Å²) in [6, 6.07) is 14.7. The average molecular weight is 387 g/mol. The molecular weight excluding hydrogens is 364 g/mol. The highest BCUT2D eigenvalue weighted by Crippen LogP contribution is 2.23. The molecule has 1 amide bonds. The van der Waals surface area contributed by atoms with Gasteiger partial charge in [0.1, 0.15) is 0 Å². The topological polar surface area (TPSA) is 64.2 Å². The van der Waals surface area contributed by atoms with Crippen LogP contribution in [0, 0.1) is 5.92 Å². The summed E-state index contributed by atoms with van der Waals surface area (Å²) in [6.45, 7) is 4.57. The maximum atomic E-state index is 12.4. The molecule has 0 aliphatic carbocycles. The molecule has 3 aromatic rings. The first-order valence-electron chi connectivity index (χ1n) is 9.09. The van der Waals surface area contributed by atoms with E-state index in [-0.39, 0.29) is 17.9 Å². The van der Waals surface area contributed by atoms with Gasteiger partial charge in [0.05, 0.1) is 11.6 Å². The first-order chi connectivity index (χ1) is 13.0. The normalized spacial score (nSPS) is 12.4. The molecule has 0 aliphatic rings. The number of oxazole rings is 1.